The number of halogens is 2. The molecule has 0 aromatic rings. The van der Waals surface area contributed by atoms with Crippen LogP contribution in [0.5, 0.6) is 0 Å². The van der Waals surface area contributed by atoms with Gasteiger partial charge in [-0.3, -0.25) is 4.90 Å². The number of alkyl halides is 1. The predicted octanol–water partition coefficient (Wildman–Crippen LogP) is 2.87. The van der Waals surface area contributed by atoms with E-state index in [0.29, 0.717) is 5.41 Å². The Hall–Kier alpha value is 0.580. The standard InChI is InChI=1S/C12H22FIN2/c1-11(10-13)15-6-2-12(3-7-15)4-8-16(14)9-5-12/h11H,2-10H2,1H3. The SMILES string of the molecule is CC(CF)N1CCC2(CCN(I)CC2)CC1. The molecular formula is C12H22FIN2. The highest BCUT2D eigenvalue weighted by Crippen LogP contribution is 2.42. The molecule has 2 aliphatic rings. The van der Waals surface area contributed by atoms with Crippen LogP contribution in [0.1, 0.15) is 32.6 Å². The fourth-order valence-corrected chi connectivity index (χ4v) is 3.47. The molecule has 16 heavy (non-hydrogen) atoms. The molecule has 0 saturated carbocycles. The van der Waals surface area contributed by atoms with E-state index in [1.807, 2.05) is 6.92 Å². The van der Waals surface area contributed by atoms with E-state index in [9.17, 15) is 4.39 Å². The van der Waals surface area contributed by atoms with Crippen molar-refractivity contribution in [1.82, 2.24) is 8.01 Å². The molecule has 1 unspecified atom stereocenters. The number of rotatable bonds is 2. The molecule has 0 aromatic carbocycles. The van der Waals surface area contributed by atoms with Crippen LogP contribution in [-0.2, 0) is 0 Å². The summed E-state index contributed by atoms with van der Waals surface area (Å²) in [4.78, 5) is 2.32. The van der Waals surface area contributed by atoms with E-state index in [2.05, 4.69) is 30.9 Å². The van der Waals surface area contributed by atoms with Crippen LogP contribution >= 0.6 is 22.9 Å². The molecule has 94 valence electrons. The molecule has 2 heterocycles. The molecule has 0 radical (unpaired) electrons. The van der Waals surface area contributed by atoms with Gasteiger partial charge < -0.3 is 0 Å². The van der Waals surface area contributed by atoms with Crippen molar-refractivity contribution >= 4 is 22.9 Å². The van der Waals surface area contributed by atoms with Crippen LogP contribution in [0.25, 0.3) is 0 Å². The molecule has 0 aliphatic carbocycles. The zero-order valence-electron chi connectivity index (χ0n) is 10.1. The predicted molar refractivity (Wildman–Crippen MR) is 73.5 cm³/mol. The summed E-state index contributed by atoms with van der Waals surface area (Å²) in [6.07, 6.45) is 5.24. The summed E-state index contributed by atoms with van der Waals surface area (Å²) in [5.74, 6) is 0. The van der Waals surface area contributed by atoms with Crippen molar-refractivity contribution in [2.45, 2.75) is 38.6 Å². The lowest BCUT2D eigenvalue weighted by Crippen LogP contribution is -2.48. The number of hydrogen-bond acceptors (Lipinski definition) is 2. The summed E-state index contributed by atoms with van der Waals surface area (Å²) in [6.45, 7) is 6.48. The van der Waals surface area contributed by atoms with Crippen LogP contribution in [0.4, 0.5) is 4.39 Å². The highest BCUT2D eigenvalue weighted by molar-refractivity contribution is 14.1. The third-order valence-electron chi connectivity index (χ3n) is 4.47. The Bertz CT molecular complexity index is 219. The molecule has 2 rings (SSSR count). The Morgan fingerprint density at radius 3 is 2.12 bits per heavy atom. The highest BCUT2D eigenvalue weighted by atomic mass is 127. The van der Waals surface area contributed by atoms with Crippen molar-refractivity contribution in [3.63, 3.8) is 0 Å². The molecule has 4 heteroatoms. The minimum absolute atomic E-state index is 0.127. The normalized spacial score (nSPS) is 29.4. The molecule has 0 aromatic heterocycles. The Morgan fingerprint density at radius 2 is 1.62 bits per heavy atom. The van der Waals surface area contributed by atoms with Gasteiger partial charge in [-0.2, -0.15) is 0 Å². The van der Waals surface area contributed by atoms with Crippen LogP contribution in [0.3, 0.4) is 0 Å². The van der Waals surface area contributed by atoms with E-state index in [1.54, 1.807) is 0 Å². The van der Waals surface area contributed by atoms with E-state index in [-0.39, 0.29) is 12.7 Å². The molecule has 2 saturated heterocycles. The lowest BCUT2D eigenvalue weighted by Gasteiger charge is -2.46. The van der Waals surface area contributed by atoms with Gasteiger partial charge in [-0.1, -0.05) is 0 Å². The number of nitrogens with zero attached hydrogens (tertiary/aromatic N) is 2. The second-order valence-electron chi connectivity index (χ2n) is 5.45. The first-order valence-electron chi connectivity index (χ1n) is 6.36. The van der Waals surface area contributed by atoms with Crippen molar-refractivity contribution in [2.24, 2.45) is 5.41 Å². The first kappa shape index (κ1) is 13.0. The molecule has 2 aliphatic heterocycles. The largest absolute Gasteiger partial charge is 0.298 e. The van der Waals surface area contributed by atoms with Gasteiger partial charge in [-0.25, -0.2) is 7.50 Å². The fraction of sp³-hybridized carbons (Fsp3) is 1.00. The second-order valence-corrected chi connectivity index (χ2v) is 6.81. The van der Waals surface area contributed by atoms with Gasteiger partial charge in [0.05, 0.1) is 0 Å². The highest BCUT2D eigenvalue weighted by Gasteiger charge is 2.37. The summed E-state index contributed by atoms with van der Waals surface area (Å²) in [7, 11) is 0. The molecule has 0 amide bonds. The Kier molecular flexibility index (Phi) is 4.46. The summed E-state index contributed by atoms with van der Waals surface area (Å²) in [6, 6.07) is 0.127. The molecule has 0 N–H and O–H groups in total. The number of hydrogen-bond donors (Lipinski definition) is 0. The van der Waals surface area contributed by atoms with Crippen molar-refractivity contribution in [1.29, 1.82) is 0 Å². The maximum atomic E-state index is 12.6. The van der Waals surface area contributed by atoms with Gasteiger partial charge in [0.2, 0.25) is 0 Å². The minimum Gasteiger partial charge on any atom is -0.298 e. The monoisotopic (exact) mass is 340 g/mol. The van der Waals surface area contributed by atoms with Gasteiger partial charge in [0, 0.05) is 42.0 Å². The maximum Gasteiger partial charge on any atom is 0.105 e. The fourth-order valence-electron chi connectivity index (χ4n) is 2.99. The van der Waals surface area contributed by atoms with E-state index in [1.165, 1.54) is 38.8 Å². The summed E-state index contributed by atoms with van der Waals surface area (Å²) in [5.41, 5.74) is 0.591. The number of likely N-dealkylation sites (tertiary alicyclic amines) is 1. The first-order valence-corrected chi connectivity index (χ1v) is 7.32. The second kappa shape index (κ2) is 5.48. The molecule has 1 atom stereocenters. The molecule has 1 spiro atoms. The van der Waals surface area contributed by atoms with Crippen molar-refractivity contribution < 1.29 is 4.39 Å². The van der Waals surface area contributed by atoms with Gasteiger partial charge in [0.15, 0.2) is 0 Å². The van der Waals surface area contributed by atoms with Crippen LogP contribution in [-0.4, -0.2) is 46.9 Å². The first-order chi connectivity index (χ1) is 7.65. The average molecular weight is 340 g/mol. The van der Waals surface area contributed by atoms with Crippen LogP contribution in [0.2, 0.25) is 0 Å². The van der Waals surface area contributed by atoms with Gasteiger partial charge >= 0.3 is 0 Å². The van der Waals surface area contributed by atoms with Crippen molar-refractivity contribution in [2.75, 3.05) is 32.9 Å². The zero-order valence-corrected chi connectivity index (χ0v) is 12.2. The van der Waals surface area contributed by atoms with Gasteiger partial charge in [-0.05, 0) is 51.1 Å². The third kappa shape index (κ3) is 2.88. The van der Waals surface area contributed by atoms with Gasteiger partial charge in [0.1, 0.15) is 6.67 Å². The van der Waals surface area contributed by atoms with E-state index < -0.39 is 0 Å². The molecule has 0 bridgehead atoms. The lowest BCUT2D eigenvalue weighted by molar-refractivity contribution is 0.0388. The van der Waals surface area contributed by atoms with E-state index in [4.69, 9.17) is 0 Å². The third-order valence-corrected chi connectivity index (χ3v) is 5.44. The van der Waals surface area contributed by atoms with Crippen molar-refractivity contribution in [3.05, 3.63) is 0 Å². The summed E-state index contributed by atoms with van der Waals surface area (Å²) >= 11 is 2.43. The molecular weight excluding hydrogens is 318 g/mol. The number of piperidine rings is 2. The summed E-state index contributed by atoms with van der Waals surface area (Å²) in [5, 5.41) is 0. The zero-order chi connectivity index (χ0) is 11.6. The quantitative estimate of drug-likeness (QED) is 0.563. The molecule has 2 nitrogen and oxygen atoms in total. The smallest absolute Gasteiger partial charge is 0.105 e. The van der Waals surface area contributed by atoms with Crippen LogP contribution in [0.15, 0.2) is 0 Å². The molecule has 2 fully saturated rings. The van der Waals surface area contributed by atoms with Crippen LogP contribution < -0.4 is 0 Å². The topological polar surface area (TPSA) is 6.48 Å². The Labute approximate surface area is 112 Å². The Morgan fingerprint density at radius 1 is 1.12 bits per heavy atom. The van der Waals surface area contributed by atoms with E-state index >= 15 is 0 Å². The van der Waals surface area contributed by atoms with Crippen LogP contribution in [0, 0.1) is 5.41 Å². The lowest BCUT2D eigenvalue weighted by atomic mass is 9.71. The van der Waals surface area contributed by atoms with Crippen molar-refractivity contribution in [3.8, 4) is 0 Å². The average Bonchev–Trinajstić information content (AvgIpc) is 2.33. The minimum atomic E-state index is -0.200. The summed E-state index contributed by atoms with van der Waals surface area (Å²) < 4.78 is 15.0. The van der Waals surface area contributed by atoms with Gasteiger partial charge in [-0.15, -0.1) is 0 Å². The van der Waals surface area contributed by atoms with Gasteiger partial charge in [0.25, 0.3) is 0 Å². The Balaban J connectivity index is 1.84. The maximum absolute atomic E-state index is 12.6. The van der Waals surface area contributed by atoms with E-state index in [0.717, 1.165) is 13.1 Å².